The van der Waals surface area contributed by atoms with E-state index in [1.54, 1.807) is 0 Å². The molecule has 0 aliphatic carbocycles. The van der Waals surface area contributed by atoms with Gasteiger partial charge in [0.05, 0.1) is 22.4 Å². The van der Waals surface area contributed by atoms with Gasteiger partial charge in [0, 0.05) is 40.4 Å². The number of hydrogen-bond acceptors (Lipinski definition) is 3. The SMILES string of the molecule is CCC(C)c1ccc2c(c1)c1ccc(Oc3cccc(-n4nc(C)c(-c5ccccc5)c4C)c3)cc1n2-c1cc(C(C)(C)C)ccn1. The fourth-order valence-electron chi connectivity index (χ4n) is 6.61. The van der Waals surface area contributed by atoms with E-state index < -0.39 is 0 Å². The van der Waals surface area contributed by atoms with Crippen molar-refractivity contribution in [2.45, 2.75) is 66.2 Å². The molecule has 0 bridgehead atoms. The number of aryl methyl sites for hydroxylation is 1. The van der Waals surface area contributed by atoms with E-state index in [1.165, 1.54) is 27.5 Å². The Morgan fingerprint density at radius 2 is 1.55 bits per heavy atom. The average Bonchev–Trinajstić information content (AvgIpc) is 3.56. The van der Waals surface area contributed by atoms with E-state index in [0.29, 0.717) is 5.92 Å². The Kier molecular flexibility index (Phi) is 7.71. The number of ether oxygens (including phenoxy) is 1. The molecule has 47 heavy (non-hydrogen) atoms. The van der Waals surface area contributed by atoms with Gasteiger partial charge in [-0.1, -0.05) is 77.1 Å². The largest absolute Gasteiger partial charge is 0.457 e. The first-order chi connectivity index (χ1) is 22.6. The lowest BCUT2D eigenvalue weighted by Gasteiger charge is -2.20. The molecule has 5 heteroatoms. The van der Waals surface area contributed by atoms with Crippen molar-refractivity contribution in [1.29, 1.82) is 0 Å². The van der Waals surface area contributed by atoms with Gasteiger partial charge in [0.1, 0.15) is 17.3 Å². The lowest BCUT2D eigenvalue weighted by Crippen LogP contribution is -2.12. The van der Waals surface area contributed by atoms with Crippen LogP contribution in [0.25, 0.3) is 44.4 Å². The van der Waals surface area contributed by atoms with Gasteiger partial charge in [0.15, 0.2) is 0 Å². The molecule has 7 aromatic rings. The topological polar surface area (TPSA) is 44.9 Å². The zero-order valence-electron chi connectivity index (χ0n) is 28.4. The maximum absolute atomic E-state index is 6.58. The van der Waals surface area contributed by atoms with Crippen LogP contribution in [0.3, 0.4) is 0 Å². The molecule has 7 rings (SSSR count). The molecule has 0 N–H and O–H groups in total. The predicted molar refractivity (Wildman–Crippen MR) is 195 cm³/mol. The van der Waals surface area contributed by atoms with Crippen molar-refractivity contribution in [3.8, 4) is 34.1 Å². The zero-order valence-corrected chi connectivity index (χ0v) is 28.4. The van der Waals surface area contributed by atoms with Crippen LogP contribution in [0, 0.1) is 13.8 Å². The fourth-order valence-corrected chi connectivity index (χ4v) is 6.61. The minimum Gasteiger partial charge on any atom is -0.457 e. The highest BCUT2D eigenvalue weighted by molar-refractivity contribution is 6.09. The Labute approximate surface area is 277 Å². The molecule has 0 saturated heterocycles. The van der Waals surface area contributed by atoms with Crippen LogP contribution in [0.4, 0.5) is 0 Å². The third-order valence-corrected chi connectivity index (χ3v) is 9.44. The van der Waals surface area contributed by atoms with Gasteiger partial charge in [-0.05, 0) is 96.8 Å². The van der Waals surface area contributed by atoms with Crippen LogP contribution in [0.15, 0.2) is 109 Å². The number of rotatable bonds is 7. The van der Waals surface area contributed by atoms with Crippen molar-refractivity contribution in [1.82, 2.24) is 19.3 Å². The van der Waals surface area contributed by atoms with E-state index in [2.05, 4.69) is 138 Å². The van der Waals surface area contributed by atoms with Crippen LogP contribution >= 0.6 is 0 Å². The molecule has 1 atom stereocenters. The highest BCUT2D eigenvalue weighted by Gasteiger charge is 2.20. The van der Waals surface area contributed by atoms with E-state index in [-0.39, 0.29) is 5.41 Å². The van der Waals surface area contributed by atoms with Gasteiger partial charge in [-0.2, -0.15) is 5.10 Å². The molecule has 0 amide bonds. The molecule has 3 aromatic heterocycles. The molecule has 0 saturated carbocycles. The van der Waals surface area contributed by atoms with Gasteiger partial charge >= 0.3 is 0 Å². The maximum atomic E-state index is 6.58. The Bertz CT molecular complexity index is 2230. The van der Waals surface area contributed by atoms with E-state index in [1.807, 2.05) is 29.1 Å². The molecule has 0 aliphatic rings. The van der Waals surface area contributed by atoms with Gasteiger partial charge in [-0.25, -0.2) is 9.67 Å². The lowest BCUT2D eigenvalue weighted by atomic mass is 9.88. The molecule has 0 aliphatic heterocycles. The number of aromatic nitrogens is 4. The van der Waals surface area contributed by atoms with Gasteiger partial charge in [0.2, 0.25) is 0 Å². The zero-order chi connectivity index (χ0) is 32.9. The summed E-state index contributed by atoms with van der Waals surface area (Å²) in [6, 6.07) is 36.2. The van der Waals surface area contributed by atoms with Crippen LogP contribution < -0.4 is 4.74 Å². The second-order valence-electron chi connectivity index (χ2n) is 13.7. The number of pyridine rings is 1. The molecular weight excluding hydrogens is 576 g/mol. The summed E-state index contributed by atoms with van der Waals surface area (Å²) in [5.74, 6) is 2.92. The summed E-state index contributed by atoms with van der Waals surface area (Å²) in [5, 5.41) is 7.33. The molecule has 236 valence electrons. The highest BCUT2D eigenvalue weighted by Crippen LogP contribution is 2.38. The summed E-state index contributed by atoms with van der Waals surface area (Å²) in [7, 11) is 0. The summed E-state index contributed by atoms with van der Waals surface area (Å²) in [6.07, 6.45) is 3.02. The molecule has 3 heterocycles. The summed E-state index contributed by atoms with van der Waals surface area (Å²) in [5.41, 5.74) is 10.2. The standard InChI is InChI=1S/C42H42N4O/c1-8-27(2)31-17-20-38-37(23-31)36-19-18-35(26-39(36)45(38)40-24-32(21-22-43-40)42(5,6)7)47-34-16-12-15-33(25-34)46-29(4)41(28(3)44-46)30-13-10-9-11-14-30/h9-27H,8H2,1-7H3. The Balaban J connectivity index is 1.32. The summed E-state index contributed by atoms with van der Waals surface area (Å²) in [6.45, 7) is 15.5. The number of benzene rings is 4. The van der Waals surface area contributed by atoms with Crippen molar-refractivity contribution in [3.63, 3.8) is 0 Å². The highest BCUT2D eigenvalue weighted by atomic mass is 16.5. The third kappa shape index (κ3) is 5.61. The first-order valence-corrected chi connectivity index (χ1v) is 16.6. The van der Waals surface area contributed by atoms with Crippen LogP contribution in [0.1, 0.15) is 69.5 Å². The molecular formula is C42H42N4O. The summed E-state index contributed by atoms with van der Waals surface area (Å²) >= 11 is 0. The minimum atomic E-state index is 0.00674. The molecule has 4 aromatic carbocycles. The van der Waals surface area contributed by atoms with E-state index >= 15 is 0 Å². The van der Waals surface area contributed by atoms with E-state index in [4.69, 9.17) is 14.8 Å². The van der Waals surface area contributed by atoms with Crippen molar-refractivity contribution < 1.29 is 4.74 Å². The lowest BCUT2D eigenvalue weighted by molar-refractivity contribution is 0.482. The summed E-state index contributed by atoms with van der Waals surface area (Å²) in [4.78, 5) is 4.88. The van der Waals surface area contributed by atoms with E-state index in [9.17, 15) is 0 Å². The van der Waals surface area contributed by atoms with Gasteiger partial charge in [-0.3, -0.25) is 4.57 Å². The third-order valence-electron chi connectivity index (χ3n) is 9.44. The quantitative estimate of drug-likeness (QED) is 0.178. The smallest absolute Gasteiger partial charge is 0.137 e. The first-order valence-electron chi connectivity index (χ1n) is 16.6. The number of hydrogen-bond donors (Lipinski definition) is 0. The van der Waals surface area contributed by atoms with Crippen LogP contribution in [-0.4, -0.2) is 19.3 Å². The Morgan fingerprint density at radius 1 is 0.766 bits per heavy atom. The normalized spacial score (nSPS) is 12.6. The predicted octanol–water partition coefficient (Wildman–Crippen LogP) is 11.3. The number of fused-ring (bicyclic) bond motifs is 3. The maximum Gasteiger partial charge on any atom is 0.137 e. The summed E-state index contributed by atoms with van der Waals surface area (Å²) < 4.78 is 10.9. The molecule has 0 radical (unpaired) electrons. The van der Waals surface area contributed by atoms with Crippen molar-refractivity contribution in [3.05, 3.63) is 132 Å². The van der Waals surface area contributed by atoms with Gasteiger partial charge < -0.3 is 4.74 Å². The Hall–Kier alpha value is -5.16. The second-order valence-corrected chi connectivity index (χ2v) is 13.7. The van der Waals surface area contributed by atoms with E-state index in [0.717, 1.165) is 57.4 Å². The minimum absolute atomic E-state index is 0.00674. The van der Waals surface area contributed by atoms with Crippen molar-refractivity contribution >= 4 is 21.8 Å². The molecule has 0 spiro atoms. The van der Waals surface area contributed by atoms with Crippen molar-refractivity contribution in [2.24, 2.45) is 0 Å². The van der Waals surface area contributed by atoms with Crippen LogP contribution in [0.5, 0.6) is 11.5 Å². The Morgan fingerprint density at radius 3 is 2.32 bits per heavy atom. The molecule has 0 fully saturated rings. The van der Waals surface area contributed by atoms with Crippen LogP contribution in [0.2, 0.25) is 0 Å². The van der Waals surface area contributed by atoms with Crippen LogP contribution in [-0.2, 0) is 5.41 Å². The molecule has 5 nitrogen and oxygen atoms in total. The van der Waals surface area contributed by atoms with Crippen molar-refractivity contribution in [2.75, 3.05) is 0 Å². The fraction of sp³-hybridized carbons (Fsp3) is 0.238. The molecule has 1 unspecified atom stereocenters. The second kappa shape index (κ2) is 11.9. The number of nitrogens with zero attached hydrogens (tertiary/aromatic N) is 4. The monoisotopic (exact) mass is 618 g/mol. The van der Waals surface area contributed by atoms with Gasteiger partial charge in [0.25, 0.3) is 0 Å². The first kappa shape index (κ1) is 30.5. The van der Waals surface area contributed by atoms with Gasteiger partial charge in [-0.15, -0.1) is 0 Å². The average molecular weight is 619 g/mol.